The van der Waals surface area contributed by atoms with Crippen LogP contribution in [0.2, 0.25) is 5.02 Å². The standard InChI is InChI=1S/C18H27ClN2O2/c1-15(21-10-12-23-13-11-21)14-20-8-6-18(22,7-9-20)16-2-4-17(19)5-3-16/h2-5,15,22H,6-14H2,1H3. The second-order valence-electron chi connectivity index (χ2n) is 6.84. The fourth-order valence-electron chi connectivity index (χ4n) is 3.66. The number of piperidine rings is 1. The molecule has 2 aliphatic heterocycles. The zero-order chi connectivity index (χ0) is 16.3. The Morgan fingerprint density at radius 2 is 1.74 bits per heavy atom. The maximum atomic E-state index is 10.9. The molecule has 0 radical (unpaired) electrons. The average Bonchev–Trinajstić information content (AvgIpc) is 2.58. The maximum absolute atomic E-state index is 10.9. The molecule has 2 aliphatic rings. The fourth-order valence-corrected chi connectivity index (χ4v) is 3.79. The molecule has 5 heteroatoms. The summed E-state index contributed by atoms with van der Waals surface area (Å²) in [6, 6.07) is 8.17. The van der Waals surface area contributed by atoms with Crippen LogP contribution in [0.5, 0.6) is 0 Å². The molecule has 3 rings (SSSR count). The van der Waals surface area contributed by atoms with Gasteiger partial charge in [-0.3, -0.25) is 4.90 Å². The Kier molecular flexibility index (Phi) is 5.60. The molecular formula is C18H27ClN2O2. The van der Waals surface area contributed by atoms with Crippen LogP contribution in [0.3, 0.4) is 0 Å². The molecule has 0 aromatic heterocycles. The lowest BCUT2D eigenvalue weighted by molar-refractivity contribution is -0.0360. The molecule has 1 N–H and O–H groups in total. The summed E-state index contributed by atoms with van der Waals surface area (Å²) in [6.07, 6.45) is 1.56. The van der Waals surface area contributed by atoms with Gasteiger partial charge in [0.05, 0.1) is 18.8 Å². The van der Waals surface area contributed by atoms with E-state index in [1.54, 1.807) is 0 Å². The molecule has 2 fully saturated rings. The van der Waals surface area contributed by atoms with E-state index < -0.39 is 5.60 Å². The van der Waals surface area contributed by atoms with Crippen molar-refractivity contribution in [2.24, 2.45) is 0 Å². The second-order valence-corrected chi connectivity index (χ2v) is 7.27. The molecule has 4 nitrogen and oxygen atoms in total. The van der Waals surface area contributed by atoms with Gasteiger partial charge in [-0.1, -0.05) is 23.7 Å². The first-order chi connectivity index (χ1) is 11.1. The van der Waals surface area contributed by atoms with Crippen molar-refractivity contribution in [2.75, 3.05) is 45.9 Å². The van der Waals surface area contributed by atoms with Gasteiger partial charge in [0.1, 0.15) is 0 Å². The minimum atomic E-state index is -0.705. The van der Waals surface area contributed by atoms with E-state index in [-0.39, 0.29) is 0 Å². The van der Waals surface area contributed by atoms with Crippen molar-refractivity contribution in [3.8, 4) is 0 Å². The topological polar surface area (TPSA) is 35.9 Å². The molecule has 23 heavy (non-hydrogen) atoms. The first-order valence-corrected chi connectivity index (χ1v) is 8.97. The Balaban J connectivity index is 1.52. The molecule has 1 atom stereocenters. The molecule has 1 aromatic carbocycles. The molecular weight excluding hydrogens is 312 g/mol. The molecule has 0 saturated carbocycles. The Hall–Kier alpha value is -0.650. The van der Waals surface area contributed by atoms with Crippen LogP contribution in [-0.4, -0.2) is 66.9 Å². The molecule has 1 unspecified atom stereocenters. The van der Waals surface area contributed by atoms with Crippen LogP contribution in [0, 0.1) is 0 Å². The van der Waals surface area contributed by atoms with Gasteiger partial charge in [-0.05, 0) is 37.5 Å². The zero-order valence-corrected chi connectivity index (χ0v) is 14.6. The van der Waals surface area contributed by atoms with Gasteiger partial charge < -0.3 is 14.7 Å². The molecule has 128 valence electrons. The third kappa shape index (κ3) is 4.25. The van der Waals surface area contributed by atoms with Crippen LogP contribution < -0.4 is 0 Å². The summed E-state index contributed by atoms with van der Waals surface area (Å²) in [4.78, 5) is 4.98. The van der Waals surface area contributed by atoms with Crippen molar-refractivity contribution in [3.63, 3.8) is 0 Å². The minimum Gasteiger partial charge on any atom is -0.385 e. The van der Waals surface area contributed by atoms with E-state index >= 15 is 0 Å². The fraction of sp³-hybridized carbons (Fsp3) is 0.667. The number of hydrogen-bond acceptors (Lipinski definition) is 4. The third-order valence-corrected chi connectivity index (χ3v) is 5.51. The van der Waals surface area contributed by atoms with Gasteiger partial charge in [0, 0.05) is 43.8 Å². The van der Waals surface area contributed by atoms with Gasteiger partial charge in [0.15, 0.2) is 0 Å². The summed E-state index contributed by atoms with van der Waals surface area (Å²) in [5.74, 6) is 0. The number of aliphatic hydroxyl groups is 1. The number of hydrogen-bond donors (Lipinski definition) is 1. The van der Waals surface area contributed by atoms with E-state index in [9.17, 15) is 5.11 Å². The minimum absolute atomic E-state index is 0.542. The van der Waals surface area contributed by atoms with Crippen molar-refractivity contribution in [1.29, 1.82) is 0 Å². The molecule has 2 heterocycles. The summed E-state index contributed by atoms with van der Waals surface area (Å²) < 4.78 is 5.43. The largest absolute Gasteiger partial charge is 0.385 e. The Labute approximate surface area is 144 Å². The lowest BCUT2D eigenvalue weighted by atomic mass is 9.84. The van der Waals surface area contributed by atoms with E-state index in [2.05, 4.69) is 16.7 Å². The zero-order valence-electron chi connectivity index (χ0n) is 13.9. The van der Waals surface area contributed by atoms with Crippen molar-refractivity contribution in [2.45, 2.75) is 31.4 Å². The summed E-state index contributed by atoms with van der Waals surface area (Å²) in [6.45, 7) is 9.00. The summed E-state index contributed by atoms with van der Waals surface area (Å²) in [7, 11) is 0. The van der Waals surface area contributed by atoms with Crippen molar-refractivity contribution in [3.05, 3.63) is 34.9 Å². The third-order valence-electron chi connectivity index (χ3n) is 5.26. The summed E-state index contributed by atoms with van der Waals surface area (Å²) in [5.41, 5.74) is 0.284. The van der Waals surface area contributed by atoms with E-state index in [0.717, 1.165) is 64.3 Å². The van der Waals surface area contributed by atoms with Gasteiger partial charge in [-0.2, -0.15) is 0 Å². The van der Waals surface area contributed by atoms with Gasteiger partial charge in [-0.15, -0.1) is 0 Å². The van der Waals surface area contributed by atoms with E-state index in [0.29, 0.717) is 11.1 Å². The number of halogens is 1. The van der Waals surface area contributed by atoms with Gasteiger partial charge in [-0.25, -0.2) is 0 Å². The van der Waals surface area contributed by atoms with Gasteiger partial charge in [0.25, 0.3) is 0 Å². The smallest absolute Gasteiger partial charge is 0.0920 e. The number of morpholine rings is 1. The maximum Gasteiger partial charge on any atom is 0.0920 e. The van der Waals surface area contributed by atoms with Crippen LogP contribution in [0.25, 0.3) is 0 Å². The highest BCUT2D eigenvalue weighted by Gasteiger charge is 2.34. The highest BCUT2D eigenvalue weighted by Crippen LogP contribution is 2.33. The molecule has 0 aliphatic carbocycles. The number of ether oxygens (including phenoxy) is 1. The number of benzene rings is 1. The van der Waals surface area contributed by atoms with E-state index in [4.69, 9.17) is 16.3 Å². The number of likely N-dealkylation sites (tertiary alicyclic amines) is 1. The molecule has 0 spiro atoms. The summed E-state index contributed by atoms with van der Waals surface area (Å²) >= 11 is 5.95. The van der Waals surface area contributed by atoms with Crippen molar-refractivity contribution < 1.29 is 9.84 Å². The highest BCUT2D eigenvalue weighted by atomic mass is 35.5. The van der Waals surface area contributed by atoms with E-state index in [1.165, 1.54) is 0 Å². The first-order valence-electron chi connectivity index (χ1n) is 8.59. The predicted molar refractivity (Wildman–Crippen MR) is 92.9 cm³/mol. The quantitative estimate of drug-likeness (QED) is 0.914. The average molecular weight is 339 g/mol. The molecule has 0 bridgehead atoms. The van der Waals surface area contributed by atoms with Crippen molar-refractivity contribution >= 4 is 11.6 Å². The Morgan fingerprint density at radius 3 is 2.35 bits per heavy atom. The van der Waals surface area contributed by atoms with Gasteiger partial charge in [0.2, 0.25) is 0 Å². The van der Waals surface area contributed by atoms with Crippen molar-refractivity contribution in [1.82, 2.24) is 9.80 Å². The number of nitrogens with zero attached hydrogens (tertiary/aromatic N) is 2. The Bertz CT molecular complexity index is 494. The summed E-state index contributed by atoms with van der Waals surface area (Å²) in [5, 5.41) is 11.7. The molecule has 0 amide bonds. The second kappa shape index (κ2) is 7.49. The molecule has 2 saturated heterocycles. The van der Waals surface area contributed by atoms with E-state index in [1.807, 2.05) is 24.3 Å². The lowest BCUT2D eigenvalue weighted by Gasteiger charge is -2.41. The van der Waals surface area contributed by atoms with Crippen LogP contribution in [-0.2, 0) is 10.3 Å². The normalized spacial score (nSPS) is 24.5. The first kappa shape index (κ1) is 17.2. The van der Waals surface area contributed by atoms with Crippen LogP contribution in [0.1, 0.15) is 25.3 Å². The van der Waals surface area contributed by atoms with Crippen LogP contribution in [0.15, 0.2) is 24.3 Å². The monoisotopic (exact) mass is 338 g/mol. The highest BCUT2D eigenvalue weighted by molar-refractivity contribution is 6.30. The Morgan fingerprint density at radius 1 is 1.13 bits per heavy atom. The predicted octanol–water partition coefficient (Wildman–Crippen LogP) is 2.34. The van der Waals surface area contributed by atoms with Crippen LogP contribution in [0.4, 0.5) is 0 Å². The SMILES string of the molecule is CC(CN1CCC(O)(c2ccc(Cl)cc2)CC1)N1CCOCC1. The van der Waals surface area contributed by atoms with Crippen LogP contribution >= 0.6 is 11.6 Å². The number of rotatable bonds is 4. The lowest BCUT2D eigenvalue weighted by Crippen LogP contribution is -2.50. The molecule has 1 aromatic rings. The van der Waals surface area contributed by atoms with Gasteiger partial charge >= 0.3 is 0 Å².